The minimum absolute atomic E-state index is 1.10. The lowest BCUT2D eigenvalue weighted by atomic mass is 9.88. The highest BCUT2D eigenvalue weighted by Gasteiger charge is 2.12. The molecule has 0 saturated carbocycles. The summed E-state index contributed by atoms with van der Waals surface area (Å²) in [5.41, 5.74) is 4.87. The van der Waals surface area contributed by atoms with Crippen LogP contribution >= 0.6 is 0 Å². The molecule has 0 heterocycles. The maximum atomic E-state index is 4.17. The summed E-state index contributed by atoms with van der Waals surface area (Å²) in [5, 5.41) is 5.13. The third-order valence-electron chi connectivity index (χ3n) is 4.43. The largest absolute Gasteiger partial charge is 0.0955 e. The van der Waals surface area contributed by atoms with E-state index in [1.807, 2.05) is 0 Å². The molecule has 0 aliphatic rings. The number of allylic oxidation sites excluding steroid dienone is 1. The molecular weight excluding hydrogens is 276 g/mol. The van der Waals surface area contributed by atoms with E-state index in [0.29, 0.717) is 0 Å². The maximum Gasteiger partial charge on any atom is -0.00207 e. The fourth-order valence-corrected chi connectivity index (χ4v) is 3.38. The molecule has 0 aromatic heterocycles. The quantitative estimate of drug-likeness (QED) is 0.361. The van der Waals surface area contributed by atoms with E-state index < -0.39 is 0 Å². The van der Waals surface area contributed by atoms with Crippen LogP contribution in [0.3, 0.4) is 0 Å². The number of benzene rings is 4. The number of hydrogen-bond donors (Lipinski definition) is 0. The molecule has 0 fully saturated rings. The van der Waals surface area contributed by atoms with Crippen LogP contribution in [0, 0.1) is 0 Å². The van der Waals surface area contributed by atoms with Gasteiger partial charge in [0.25, 0.3) is 0 Å². The van der Waals surface area contributed by atoms with Gasteiger partial charge >= 0.3 is 0 Å². The molecule has 4 rings (SSSR count). The van der Waals surface area contributed by atoms with Crippen LogP contribution < -0.4 is 0 Å². The second-order valence-corrected chi connectivity index (χ2v) is 6.02. The molecular formula is C23H18. The Bertz CT molecular complexity index is 984. The lowest BCUT2D eigenvalue weighted by Crippen LogP contribution is -1.90. The van der Waals surface area contributed by atoms with Crippen LogP contribution in [0.15, 0.2) is 85.4 Å². The molecule has 23 heavy (non-hydrogen) atoms. The summed E-state index contributed by atoms with van der Waals surface area (Å²) in [6.07, 6.45) is 0. The van der Waals surface area contributed by atoms with Crippen LogP contribution in [0.25, 0.3) is 38.2 Å². The normalized spacial score (nSPS) is 11.0. The van der Waals surface area contributed by atoms with E-state index in [1.54, 1.807) is 0 Å². The van der Waals surface area contributed by atoms with E-state index in [-0.39, 0.29) is 0 Å². The highest BCUT2D eigenvalue weighted by Crippen LogP contribution is 2.39. The zero-order valence-electron chi connectivity index (χ0n) is 13.2. The first-order valence-electron chi connectivity index (χ1n) is 7.91. The van der Waals surface area contributed by atoms with E-state index in [0.717, 1.165) is 5.57 Å². The molecule has 0 atom stereocenters. The van der Waals surface area contributed by atoms with Gasteiger partial charge in [0, 0.05) is 0 Å². The van der Waals surface area contributed by atoms with Gasteiger partial charge in [-0.1, -0.05) is 84.9 Å². The second-order valence-electron chi connectivity index (χ2n) is 6.02. The van der Waals surface area contributed by atoms with Gasteiger partial charge in [0.05, 0.1) is 0 Å². The Morgan fingerprint density at radius 2 is 1.22 bits per heavy atom. The monoisotopic (exact) mass is 294 g/mol. The number of rotatable bonds is 2. The van der Waals surface area contributed by atoms with Crippen LogP contribution in [-0.4, -0.2) is 0 Å². The molecule has 110 valence electrons. The lowest BCUT2D eigenvalue weighted by molar-refractivity contribution is 1.57. The zero-order valence-corrected chi connectivity index (χ0v) is 13.2. The summed E-state index contributed by atoms with van der Waals surface area (Å²) in [5.74, 6) is 0. The van der Waals surface area contributed by atoms with Crippen molar-refractivity contribution < 1.29 is 0 Å². The van der Waals surface area contributed by atoms with E-state index in [1.165, 1.54) is 38.2 Å². The van der Waals surface area contributed by atoms with Crippen molar-refractivity contribution in [2.45, 2.75) is 6.92 Å². The SMILES string of the molecule is C=C(C)c1ccccc1-c1c2ccccc2cc2ccccc12. The van der Waals surface area contributed by atoms with Crippen LogP contribution in [0.5, 0.6) is 0 Å². The third kappa shape index (κ3) is 2.24. The van der Waals surface area contributed by atoms with E-state index >= 15 is 0 Å². The topological polar surface area (TPSA) is 0 Å². The standard InChI is InChI=1S/C23H18/c1-16(2)19-11-7-8-14-22(19)23-20-12-5-3-9-17(20)15-18-10-4-6-13-21(18)23/h3-15H,1H2,2H3. The van der Waals surface area contributed by atoms with Crippen molar-refractivity contribution >= 4 is 27.1 Å². The Morgan fingerprint density at radius 1 is 0.696 bits per heavy atom. The van der Waals surface area contributed by atoms with E-state index in [9.17, 15) is 0 Å². The van der Waals surface area contributed by atoms with Gasteiger partial charge in [0.2, 0.25) is 0 Å². The molecule has 0 bridgehead atoms. The molecule has 0 aliphatic carbocycles. The fourth-order valence-electron chi connectivity index (χ4n) is 3.38. The van der Waals surface area contributed by atoms with Gasteiger partial charge in [-0.05, 0) is 51.2 Å². The number of hydrogen-bond acceptors (Lipinski definition) is 0. The molecule has 0 nitrogen and oxygen atoms in total. The first kappa shape index (κ1) is 13.8. The van der Waals surface area contributed by atoms with Gasteiger partial charge in [-0.15, -0.1) is 0 Å². The van der Waals surface area contributed by atoms with Crippen molar-refractivity contribution in [3.8, 4) is 11.1 Å². The summed E-state index contributed by atoms with van der Waals surface area (Å²) < 4.78 is 0. The minimum atomic E-state index is 1.10. The van der Waals surface area contributed by atoms with E-state index in [2.05, 4.69) is 92.4 Å². The van der Waals surface area contributed by atoms with Crippen LogP contribution in [-0.2, 0) is 0 Å². The number of fused-ring (bicyclic) bond motifs is 2. The van der Waals surface area contributed by atoms with Crippen molar-refractivity contribution in [2.75, 3.05) is 0 Å². The van der Waals surface area contributed by atoms with Crippen LogP contribution in [0.1, 0.15) is 12.5 Å². The predicted molar refractivity (Wildman–Crippen MR) is 102 cm³/mol. The Balaban J connectivity index is 2.23. The summed E-state index contributed by atoms with van der Waals surface area (Å²) in [6, 6.07) is 28.1. The molecule has 0 radical (unpaired) electrons. The fraction of sp³-hybridized carbons (Fsp3) is 0.0435. The molecule has 0 unspecified atom stereocenters. The Morgan fingerprint density at radius 3 is 1.83 bits per heavy atom. The average molecular weight is 294 g/mol. The molecule has 0 aliphatic heterocycles. The Kier molecular flexibility index (Phi) is 3.24. The maximum absolute atomic E-state index is 4.17. The Hall–Kier alpha value is -2.86. The molecule has 4 aromatic rings. The van der Waals surface area contributed by atoms with Gasteiger partial charge in [-0.25, -0.2) is 0 Å². The highest BCUT2D eigenvalue weighted by molar-refractivity contribution is 6.13. The lowest BCUT2D eigenvalue weighted by Gasteiger charge is -2.15. The van der Waals surface area contributed by atoms with Crippen molar-refractivity contribution in [3.63, 3.8) is 0 Å². The molecule has 0 amide bonds. The highest BCUT2D eigenvalue weighted by atomic mass is 14.2. The summed E-state index contributed by atoms with van der Waals surface area (Å²) in [4.78, 5) is 0. The van der Waals surface area contributed by atoms with Crippen LogP contribution in [0.2, 0.25) is 0 Å². The first-order chi connectivity index (χ1) is 11.3. The zero-order chi connectivity index (χ0) is 15.8. The minimum Gasteiger partial charge on any atom is -0.0955 e. The molecule has 4 aromatic carbocycles. The van der Waals surface area contributed by atoms with Gasteiger partial charge in [0.1, 0.15) is 0 Å². The van der Waals surface area contributed by atoms with Gasteiger partial charge < -0.3 is 0 Å². The smallest absolute Gasteiger partial charge is 0.00207 e. The molecule has 0 spiro atoms. The van der Waals surface area contributed by atoms with Gasteiger partial charge in [-0.3, -0.25) is 0 Å². The Labute approximate surface area is 136 Å². The summed E-state index contributed by atoms with van der Waals surface area (Å²) in [7, 11) is 0. The van der Waals surface area contributed by atoms with E-state index in [4.69, 9.17) is 0 Å². The second kappa shape index (κ2) is 5.40. The van der Waals surface area contributed by atoms with Crippen molar-refractivity contribution in [1.29, 1.82) is 0 Å². The molecule has 0 saturated heterocycles. The van der Waals surface area contributed by atoms with Gasteiger partial charge in [0.15, 0.2) is 0 Å². The molecule has 0 N–H and O–H groups in total. The van der Waals surface area contributed by atoms with Crippen molar-refractivity contribution in [1.82, 2.24) is 0 Å². The van der Waals surface area contributed by atoms with Crippen molar-refractivity contribution in [2.24, 2.45) is 0 Å². The predicted octanol–water partition coefficient (Wildman–Crippen LogP) is 6.69. The first-order valence-corrected chi connectivity index (χ1v) is 7.91. The van der Waals surface area contributed by atoms with Gasteiger partial charge in [-0.2, -0.15) is 0 Å². The molecule has 0 heteroatoms. The van der Waals surface area contributed by atoms with Crippen molar-refractivity contribution in [3.05, 3.63) is 91.0 Å². The summed E-state index contributed by atoms with van der Waals surface area (Å²) >= 11 is 0. The van der Waals surface area contributed by atoms with Crippen LogP contribution in [0.4, 0.5) is 0 Å². The average Bonchev–Trinajstić information content (AvgIpc) is 2.59. The third-order valence-corrected chi connectivity index (χ3v) is 4.43. The summed E-state index contributed by atoms with van der Waals surface area (Å²) in [6.45, 7) is 6.25.